The Morgan fingerprint density at radius 1 is 1.03 bits per heavy atom. The predicted octanol–water partition coefficient (Wildman–Crippen LogP) is 5.06. The summed E-state index contributed by atoms with van der Waals surface area (Å²) >= 11 is 0. The van der Waals surface area contributed by atoms with Crippen LogP contribution in [-0.4, -0.2) is 20.9 Å². The first-order chi connectivity index (χ1) is 15.0. The van der Waals surface area contributed by atoms with Gasteiger partial charge in [0.05, 0.1) is 16.7 Å². The predicted molar refractivity (Wildman–Crippen MR) is 111 cm³/mol. The van der Waals surface area contributed by atoms with Gasteiger partial charge in [-0.1, -0.05) is 0 Å². The van der Waals surface area contributed by atoms with Gasteiger partial charge in [0, 0.05) is 11.3 Å². The molecule has 1 aromatic carbocycles. The Morgan fingerprint density at radius 2 is 1.69 bits per heavy atom. The summed E-state index contributed by atoms with van der Waals surface area (Å²) in [4.78, 5) is 34.4. The Bertz CT molecular complexity index is 1150. The van der Waals surface area contributed by atoms with Crippen molar-refractivity contribution < 1.29 is 27.7 Å². The van der Waals surface area contributed by atoms with Gasteiger partial charge in [-0.25, -0.2) is 27.8 Å². The summed E-state index contributed by atoms with van der Waals surface area (Å²) in [6.45, 7) is 6.42. The number of halogens is 3. The van der Waals surface area contributed by atoms with Crippen LogP contribution in [-0.2, 0) is 9.68 Å². The van der Waals surface area contributed by atoms with Crippen molar-refractivity contribution in [2.24, 2.45) is 5.41 Å². The van der Waals surface area contributed by atoms with Crippen LogP contribution in [0.1, 0.15) is 38.6 Å². The summed E-state index contributed by atoms with van der Waals surface area (Å²) in [5.74, 6) is -1.66. The SMILES string of the molecule is Cc1cc(-c2c(OOC(=O)C(C)(C)C)nc(N)nc2-c2ccc(F)cc2)cc(C(F)F)n1. The molecule has 0 aliphatic rings. The highest BCUT2D eigenvalue weighted by molar-refractivity contribution is 5.85. The first kappa shape index (κ1) is 23.0. The highest BCUT2D eigenvalue weighted by Crippen LogP contribution is 2.39. The summed E-state index contributed by atoms with van der Waals surface area (Å²) in [6.07, 6.45) is -2.83. The molecule has 0 saturated heterocycles. The third-order valence-corrected chi connectivity index (χ3v) is 4.30. The van der Waals surface area contributed by atoms with E-state index >= 15 is 0 Å². The third-order valence-electron chi connectivity index (χ3n) is 4.30. The number of anilines is 1. The third kappa shape index (κ3) is 5.13. The van der Waals surface area contributed by atoms with Crippen molar-refractivity contribution in [2.45, 2.75) is 34.1 Å². The Kier molecular flexibility index (Phi) is 6.33. The minimum Gasteiger partial charge on any atom is -0.368 e. The molecule has 0 spiro atoms. The van der Waals surface area contributed by atoms with Crippen LogP contribution in [0.3, 0.4) is 0 Å². The minimum absolute atomic E-state index is 0.125. The van der Waals surface area contributed by atoms with Crippen molar-refractivity contribution in [3.63, 3.8) is 0 Å². The number of nitrogens with zero attached hydrogens (tertiary/aromatic N) is 3. The lowest BCUT2D eigenvalue weighted by Crippen LogP contribution is -2.24. The molecule has 168 valence electrons. The van der Waals surface area contributed by atoms with Crippen LogP contribution in [0, 0.1) is 18.2 Å². The van der Waals surface area contributed by atoms with E-state index in [9.17, 15) is 18.0 Å². The molecule has 0 amide bonds. The molecule has 0 radical (unpaired) electrons. The van der Waals surface area contributed by atoms with Crippen molar-refractivity contribution in [1.29, 1.82) is 0 Å². The maximum absolute atomic E-state index is 13.5. The van der Waals surface area contributed by atoms with Gasteiger partial charge in [-0.3, -0.25) is 9.87 Å². The Morgan fingerprint density at radius 3 is 2.28 bits per heavy atom. The molecule has 0 aliphatic carbocycles. The fraction of sp³-hybridized carbons (Fsp3) is 0.273. The number of nitrogen functional groups attached to an aromatic ring is 1. The molecule has 0 saturated carbocycles. The number of hydrogen-bond donors (Lipinski definition) is 1. The zero-order valence-corrected chi connectivity index (χ0v) is 17.8. The highest BCUT2D eigenvalue weighted by Gasteiger charge is 2.27. The second-order valence-corrected chi connectivity index (χ2v) is 8.04. The summed E-state index contributed by atoms with van der Waals surface area (Å²) in [5, 5.41) is 0. The molecule has 32 heavy (non-hydrogen) atoms. The standard InChI is InChI=1S/C22H21F3N4O3/c1-11-9-13(10-15(27-11)18(24)25)16-17(12-5-7-14(23)8-6-12)28-21(26)29-19(16)31-32-20(30)22(2,3)4/h5-10,18H,1-4H3,(H2,26,28,29). The van der Waals surface area contributed by atoms with Gasteiger partial charge in [0.1, 0.15) is 11.5 Å². The number of hydrogen-bond acceptors (Lipinski definition) is 7. The van der Waals surface area contributed by atoms with Gasteiger partial charge in [-0.2, -0.15) is 4.98 Å². The lowest BCUT2D eigenvalue weighted by molar-refractivity contribution is -0.224. The topological polar surface area (TPSA) is 100 Å². The monoisotopic (exact) mass is 446 g/mol. The first-order valence-electron chi connectivity index (χ1n) is 9.55. The molecule has 7 nitrogen and oxygen atoms in total. The molecular weight excluding hydrogens is 425 g/mol. The summed E-state index contributed by atoms with van der Waals surface area (Å²) in [7, 11) is 0. The van der Waals surface area contributed by atoms with Crippen molar-refractivity contribution >= 4 is 11.9 Å². The van der Waals surface area contributed by atoms with Gasteiger partial charge in [0.25, 0.3) is 12.3 Å². The number of aryl methyl sites for hydroxylation is 1. The average molecular weight is 446 g/mol. The van der Waals surface area contributed by atoms with Crippen molar-refractivity contribution in [3.8, 4) is 28.3 Å². The second kappa shape index (κ2) is 8.81. The molecule has 0 fully saturated rings. The number of carbonyl (C=O) groups excluding carboxylic acids is 1. The number of benzene rings is 1. The van der Waals surface area contributed by atoms with E-state index in [1.807, 2.05) is 0 Å². The summed E-state index contributed by atoms with van der Waals surface area (Å²) < 4.78 is 40.3. The largest absolute Gasteiger partial charge is 0.368 e. The van der Waals surface area contributed by atoms with Crippen LogP contribution in [0.4, 0.5) is 19.1 Å². The number of carbonyl (C=O) groups is 1. The summed E-state index contributed by atoms with van der Waals surface area (Å²) in [5.41, 5.74) is 5.71. The van der Waals surface area contributed by atoms with Gasteiger partial charge in [-0.05, 0) is 69.7 Å². The minimum atomic E-state index is -2.83. The van der Waals surface area contributed by atoms with Crippen LogP contribution in [0.2, 0.25) is 0 Å². The van der Waals surface area contributed by atoms with Crippen LogP contribution < -0.4 is 10.6 Å². The maximum atomic E-state index is 13.5. The zero-order chi connectivity index (χ0) is 23.6. The van der Waals surface area contributed by atoms with E-state index in [1.54, 1.807) is 27.7 Å². The van der Waals surface area contributed by atoms with Crippen molar-refractivity contribution in [3.05, 3.63) is 53.6 Å². The number of aromatic nitrogens is 3. The van der Waals surface area contributed by atoms with Crippen LogP contribution in [0.15, 0.2) is 36.4 Å². The van der Waals surface area contributed by atoms with Crippen molar-refractivity contribution in [1.82, 2.24) is 15.0 Å². The van der Waals surface area contributed by atoms with E-state index in [0.717, 1.165) is 6.07 Å². The molecule has 0 atom stereocenters. The van der Waals surface area contributed by atoms with E-state index in [1.165, 1.54) is 30.3 Å². The average Bonchev–Trinajstić information content (AvgIpc) is 2.70. The first-order valence-corrected chi connectivity index (χ1v) is 9.55. The van der Waals surface area contributed by atoms with Gasteiger partial charge in [0.2, 0.25) is 5.95 Å². The molecule has 2 heterocycles. The number of nitrogens with two attached hydrogens (primary N) is 1. The molecule has 3 rings (SSSR count). The lowest BCUT2D eigenvalue weighted by Gasteiger charge is -2.18. The Hall–Kier alpha value is -3.69. The molecule has 0 aliphatic heterocycles. The molecule has 10 heteroatoms. The van der Waals surface area contributed by atoms with Crippen LogP contribution >= 0.6 is 0 Å². The second-order valence-electron chi connectivity index (χ2n) is 8.04. The Labute approximate surface area is 182 Å². The Balaban J connectivity index is 2.23. The molecule has 2 aromatic heterocycles. The quantitative estimate of drug-likeness (QED) is 0.432. The van der Waals surface area contributed by atoms with Crippen LogP contribution in [0.25, 0.3) is 22.4 Å². The fourth-order valence-electron chi connectivity index (χ4n) is 2.75. The van der Waals surface area contributed by atoms with Gasteiger partial charge in [-0.15, -0.1) is 0 Å². The van der Waals surface area contributed by atoms with E-state index in [-0.39, 0.29) is 28.6 Å². The van der Waals surface area contributed by atoms with E-state index in [4.69, 9.17) is 15.5 Å². The zero-order valence-electron chi connectivity index (χ0n) is 17.8. The number of rotatable bonds is 5. The van der Waals surface area contributed by atoms with E-state index < -0.39 is 29.3 Å². The molecule has 2 N–H and O–H groups in total. The summed E-state index contributed by atoms with van der Waals surface area (Å²) in [6, 6.07) is 7.96. The highest BCUT2D eigenvalue weighted by atomic mass is 19.3. The van der Waals surface area contributed by atoms with Gasteiger partial charge >= 0.3 is 5.97 Å². The fourth-order valence-corrected chi connectivity index (χ4v) is 2.75. The van der Waals surface area contributed by atoms with Gasteiger partial charge < -0.3 is 5.73 Å². The van der Waals surface area contributed by atoms with E-state index in [0.29, 0.717) is 11.3 Å². The number of alkyl halides is 2. The van der Waals surface area contributed by atoms with E-state index in [2.05, 4.69) is 15.0 Å². The van der Waals surface area contributed by atoms with Gasteiger partial charge in [0.15, 0.2) is 0 Å². The van der Waals surface area contributed by atoms with Crippen LogP contribution in [0.5, 0.6) is 5.88 Å². The van der Waals surface area contributed by atoms with Crippen molar-refractivity contribution in [2.75, 3.05) is 5.73 Å². The normalized spacial score (nSPS) is 11.5. The maximum Gasteiger partial charge on any atom is 0.360 e. The molecule has 3 aromatic rings. The number of pyridine rings is 1. The lowest BCUT2D eigenvalue weighted by atomic mass is 9.98. The smallest absolute Gasteiger partial charge is 0.360 e. The molecular formula is C22H21F3N4O3. The molecule has 0 bridgehead atoms. The molecule has 0 unspecified atom stereocenters.